The second kappa shape index (κ2) is 7.95. The van der Waals surface area contributed by atoms with E-state index in [1.54, 1.807) is 6.07 Å². The maximum Gasteiger partial charge on any atom is 0.267 e. The minimum absolute atomic E-state index is 0.0708. The van der Waals surface area contributed by atoms with E-state index in [4.69, 9.17) is 4.74 Å². The van der Waals surface area contributed by atoms with Crippen LogP contribution in [-0.4, -0.2) is 33.2 Å². The molecule has 0 fully saturated rings. The molecule has 0 bridgehead atoms. The van der Waals surface area contributed by atoms with Crippen LogP contribution in [0.2, 0.25) is 0 Å². The molecule has 7 heteroatoms. The fourth-order valence-electron chi connectivity index (χ4n) is 3.57. The molecule has 1 atom stereocenters. The zero-order valence-corrected chi connectivity index (χ0v) is 19.3. The van der Waals surface area contributed by atoms with Crippen molar-refractivity contribution >= 4 is 27.3 Å². The number of amides is 1. The number of nitrogens with zero attached hydrogens (tertiary/aromatic N) is 1. The van der Waals surface area contributed by atoms with Gasteiger partial charge in [-0.3, -0.25) is 9.10 Å². The molecule has 0 aliphatic carbocycles. The number of sulfonamides is 1. The molecule has 2 aromatic rings. The predicted octanol–water partition coefficient (Wildman–Crippen LogP) is 4.02. The molecule has 1 aliphatic heterocycles. The van der Waals surface area contributed by atoms with E-state index >= 15 is 0 Å². The van der Waals surface area contributed by atoms with Gasteiger partial charge < -0.3 is 10.1 Å². The molecule has 0 aromatic heterocycles. The highest BCUT2D eigenvalue weighted by Gasteiger charge is 2.36. The third kappa shape index (κ3) is 4.46. The first kappa shape index (κ1) is 22.2. The lowest BCUT2D eigenvalue weighted by atomic mass is 9.86. The Labute approximate surface area is 179 Å². The summed E-state index contributed by atoms with van der Waals surface area (Å²) in [4.78, 5) is 13.0. The quantitative estimate of drug-likeness (QED) is 0.795. The smallest absolute Gasteiger partial charge is 0.267 e. The summed E-state index contributed by atoms with van der Waals surface area (Å²) < 4.78 is 32.3. The average molecular weight is 431 g/mol. The van der Waals surface area contributed by atoms with Gasteiger partial charge >= 0.3 is 0 Å². The topological polar surface area (TPSA) is 75.7 Å². The number of hydrogen-bond acceptors (Lipinski definition) is 4. The average Bonchev–Trinajstić information content (AvgIpc) is 2.66. The Balaban J connectivity index is 1.96. The number of aryl methyl sites for hydroxylation is 2. The van der Waals surface area contributed by atoms with Crippen molar-refractivity contribution < 1.29 is 17.9 Å². The Morgan fingerprint density at radius 1 is 1.23 bits per heavy atom. The van der Waals surface area contributed by atoms with Gasteiger partial charge in [-0.15, -0.1) is 0 Å². The van der Waals surface area contributed by atoms with Crippen LogP contribution in [0.25, 0.3) is 0 Å². The molecule has 1 heterocycles. The molecule has 2 aromatic carbocycles. The van der Waals surface area contributed by atoms with Crippen LogP contribution < -0.4 is 14.4 Å². The molecule has 0 unspecified atom stereocenters. The number of benzene rings is 2. The van der Waals surface area contributed by atoms with Gasteiger partial charge in [0.05, 0.1) is 18.5 Å². The van der Waals surface area contributed by atoms with Crippen molar-refractivity contribution in [3.8, 4) is 5.75 Å². The Morgan fingerprint density at radius 2 is 1.93 bits per heavy atom. The van der Waals surface area contributed by atoms with Gasteiger partial charge in [0.15, 0.2) is 6.10 Å². The van der Waals surface area contributed by atoms with Crippen LogP contribution in [0.15, 0.2) is 36.4 Å². The minimum atomic E-state index is -3.59. The first-order chi connectivity index (χ1) is 13.9. The molecule has 0 saturated heterocycles. The molecule has 30 heavy (non-hydrogen) atoms. The molecule has 1 amide bonds. The molecule has 0 radical (unpaired) electrons. The van der Waals surface area contributed by atoms with E-state index in [1.807, 2.05) is 44.2 Å². The van der Waals surface area contributed by atoms with E-state index in [0.29, 0.717) is 11.4 Å². The fraction of sp³-hybridized carbons (Fsp3) is 0.435. The summed E-state index contributed by atoms with van der Waals surface area (Å²) in [5.74, 6) is 0.0264. The molecule has 1 N–H and O–H groups in total. The summed E-state index contributed by atoms with van der Waals surface area (Å²) in [5.41, 5.74) is 4.05. The minimum Gasteiger partial charge on any atom is -0.476 e. The van der Waals surface area contributed by atoms with Crippen LogP contribution in [0.4, 0.5) is 11.4 Å². The first-order valence-electron chi connectivity index (χ1n) is 10.1. The monoisotopic (exact) mass is 430 g/mol. The molecule has 162 valence electrons. The van der Waals surface area contributed by atoms with Crippen LogP contribution >= 0.6 is 0 Å². The van der Waals surface area contributed by atoms with E-state index in [1.165, 1.54) is 4.31 Å². The van der Waals surface area contributed by atoms with E-state index in [9.17, 15) is 13.2 Å². The van der Waals surface area contributed by atoms with Gasteiger partial charge in [0.25, 0.3) is 5.91 Å². The van der Waals surface area contributed by atoms with Crippen LogP contribution in [0.3, 0.4) is 0 Å². The Morgan fingerprint density at radius 3 is 2.53 bits per heavy atom. The summed E-state index contributed by atoms with van der Waals surface area (Å²) in [6.45, 7) is 10.1. The van der Waals surface area contributed by atoms with Crippen LogP contribution in [-0.2, 0) is 26.7 Å². The highest BCUT2D eigenvalue weighted by Crippen LogP contribution is 2.38. The number of para-hydroxylation sites is 1. The van der Waals surface area contributed by atoms with Gasteiger partial charge in [-0.1, -0.05) is 52.0 Å². The highest BCUT2D eigenvalue weighted by atomic mass is 32.2. The van der Waals surface area contributed by atoms with Crippen molar-refractivity contribution in [1.29, 1.82) is 0 Å². The van der Waals surface area contributed by atoms with E-state index < -0.39 is 16.1 Å². The van der Waals surface area contributed by atoms with Crippen molar-refractivity contribution in [2.24, 2.45) is 0 Å². The number of carbonyl (C=O) groups is 1. The molecular formula is C23H30N2O4S. The second-order valence-electron chi connectivity index (χ2n) is 8.78. The largest absolute Gasteiger partial charge is 0.476 e. The number of ether oxygens (including phenoxy) is 1. The Hall–Kier alpha value is -2.54. The molecule has 6 nitrogen and oxygen atoms in total. The SMILES string of the molecule is CCc1cccc(C)c1NC(=O)[C@@H]1CN(S(C)(=O)=O)c2cc(C(C)(C)C)ccc2O1. The highest BCUT2D eigenvalue weighted by molar-refractivity contribution is 7.92. The Bertz CT molecular complexity index is 1070. The standard InChI is InChI=1S/C23H30N2O4S/c1-7-16-10-8-9-15(2)21(16)24-22(26)20-14-25(30(6,27)28)18-13-17(23(3,4)5)11-12-19(18)29-20/h8-13,20H,7,14H2,1-6H3,(H,24,26)/t20-/m0/s1. The molecule has 3 rings (SSSR count). The third-order valence-corrected chi connectivity index (χ3v) is 6.52. The number of nitrogens with one attached hydrogen (secondary N) is 1. The van der Waals surface area contributed by atoms with Gasteiger partial charge in [-0.05, 0) is 47.6 Å². The number of fused-ring (bicyclic) bond motifs is 1. The van der Waals surface area contributed by atoms with Crippen molar-refractivity contribution in [2.75, 3.05) is 22.4 Å². The van der Waals surface area contributed by atoms with Crippen LogP contribution in [0.5, 0.6) is 5.75 Å². The fourth-order valence-corrected chi connectivity index (χ4v) is 4.48. The third-order valence-electron chi connectivity index (χ3n) is 5.38. The lowest BCUT2D eigenvalue weighted by Gasteiger charge is -2.35. The summed E-state index contributed by atoms with van der Waals surface area (Å²) in [7, 11) is -3.59. The number of hydrogen-bond donors (Lipinski definition) is 1. The van der Waals surface area contributed by atoms with E-state index in [-0.39, 0.29) is 17.9 Å². The van der Waals surface area contributed by atoms with Gasteiger partial charge in [-0.2, -0.15) is 0 Å². The number of rotatable bonds is 4. The summed E-state index contributed by atoms with van der Waals surface area (Å²) in [6, 6.07) is 11.4. The van der Waals surface area contributed by atoms with Gasteiger partial charge in [0.1, 0.15) is 5.75 Å². The van der Waals surface area contributed by atoms with Crippen molar-refractivity contribution in [3.05, 3.63) is 53.1 Å². The normalized spacial score (nSPS) is 16.6. The molecule has 1 aliphatic rings. The number of carbonyl (C=O) groups excluding carboxylic acids is 1. The van der Waals surface area contributed by atoms with Crippen molar-refractivity contribution in [2.45, 2.75) is 52.6 Å². The molecule has 0 saturated carbocycles. The van der Waals surface area contributed by atoms with E-state index in [0.717, 1.165) is 35.1 Å². The second-order valence-corrected chi connectivity index (χ2v) is 10.7. The van der Waals surface area contributed by atoms with E-state index in [2.05, 4.69) is 26.1 Å². The zero-order valence-electron chi connectivity index (χ0n) is 18.4. The Kier molecular flexibility index (Phi) is 5.87. The van der Waals surface area contributed by atoms with Crippen molar-refractivity contribution in [3.63, 3.8) is 0 Å². The van der Waals surface area contributed by atoms with Gasteiger partial charge in [-0.25, -0.2) is 8.42 Å². The van der Waals surface area contributed by atoms with Crippen LogP contribution in [0, 0.1) is 6.92 Å². The predicted molar refractivity (Wildman–Crippen MR) is 121 cm³/mol. The first-order valence-corrected chi connectivity index (χ1v) is 11.9. The zero-order chi connectivity index (χ0) is 22.3. The maximum atomic E-state index is 13.0. The molecule has 0 spiro atoms. The van der Waals surface area contributed by atoms with Crippen LogP contribution in [0.1, 0.15) is 44.4 Å². The lowest BCUT2D eigenvalue weighted by molar-refractivity contribution is -0.122. The summed E-state index contributed by atoms with van der Waals surface area (Å²) >= 11 is 0. The van der Waals surface area contributed by atoms with Gasteiger partial charge in [0.2, 0.25) is 10.0 Å². The van der Waals surface area contributed by atoms with Crippen molar-refractivity contribution in [1.82, 2.24) is 0 Å². The summed E-state index contributed by atoms with van der Waals surface area (Å²) in [6.07, 6.45) is 0.977. The lowest BCUT2D eigenvalue weighted by Crippen LogP contribution is -2.48. The maximum absolute atomic E-state index is 13.0. The van der Waals surface area contributed by atoms with Gasteiger partial charge in [0, 0.05) is 5.69 Å². The number of anilines is 2. The summed E-state index contributed by atoms with van der Waals surface area (Å²) in [5, 5.41) is 2.95. The molecular weight excluding hydrogens is 400 g/mol.